The first-order valence-electron chi connectivity index (χ1n) is 12.7. The summed E-state index contributed by atoms with van der Waals surface area (Å²) in [6, 6.07) is 21.1. The van der Waals surface area contributed by atoms with Crippen LogP contribution in [0, 0.1) is 27.7 Å². The summed E-state index contributed by atoms with van der Waals surface area (Å²) in [6.45, 7) is 8.49. The average Bonchev–Trinajstić information content (AvgIpc) is 3.43. The van der Waals surface area contributed by atoms with Crippen molar-refractivity contribution in [3.05, 3.63) is 105 Å². The molecule has 0 aromatic heterocycles. The minimum absolute atomic E-state index is 0.351. The molecule has 0 amide bonds. The summed E-state index contributed by atoms with van der Waals surface area (Å²) >= 11 is 0. The monoisotopic (exact) mass is 460 g/mol. The molecule has 176 valence electrons. The Balaban J connectivity index is 1.60. The number of hydrogen-bond acceptors (Lipinski definition) is 2. The van der Waals surface area contributed by atoms with Crippen molar-refractivity contribution < 1.29 is 10.2 Å². The van der Waals surface area contributed by atoms with Crippen molar-refractivity contribution in [1.82, 2.24) is 0 Å². The van der Waals surface area contributed by atoms with E-state index >= 15 is 0 Å². The van der Waals surface area contributed by atoms with Crippen LogP contribution >= 0.6 is 0 Å². The third-order valence-electron chi connectivity index (χ3n) is 8.55. The van der Waals surface area contributed by atoms with E-state index < -0.39 is 0 Å². The highest BCUT2D eigenvalue weighted by atomic mass is 16.3. The van der Waals surface area contributed by atoms with Crippen molar-refractivity contribution in [2.75, 3.05) is 0 Å². The predicted molar refractivity (Wildman–Crippen MR) is 143 cm³/mol. The first-order chi connectivity index (χ1) is 16.8. The normalized spacial score (nSPS) is 15.4. The van der Waals surface area contributed by atoms with Gasteiger partial charge in [-0.15, -0.1) is 0 Å². The van der Waals surface area contributed by atoms with Gasteiger partial charge in [0, 0.05) is 27.7 Å². The lowest BCUT2D eigenvalue weighted by atomic mass is 9.73. The molecule has 1 spiro atoms. The van der Waals surface area contributed by atoms with Crippen molar-refractivity contribution in [2.45, 2.75) is 58.8 Å². The van der Waals surface area contributed by atoms with Crippen LogP contribution in [0.4, 0.5) is 0 Å². The van der Waals surface area contributed by atoms with Gasteiger partial charge in [0.25, 0.3) is 0 Å². The van der Waals surface area contributed by atoms with Crippen molar-refractivity contribution in [3.8, 4) is 33.8 Å². The first kappa shape index (κ1) is 22.0. The Kier molecular flexibility index (Phi) is 4.86. The van der Waals surface area contributed by atoms with Crippen LogP contribution in [-0.4, -0.2) is 10.2 Å². The number of benzene rings is 4. The zero-order chi connectivity index (χ0) is 24.5. The highest BCUT2D eigenvalue weighted by molar-refractivity contribution is 5.81. The van der Waals surface area contributed by atoms with Gasteiger partial charge in [-0.1, -0.05) is 59.7 Å². The summed E-state index contributed by atoms with van der Waals surface area (Å²) in [5.41, 5.74) is 13.0. The molecule has 2 aliphatic carbocycles. The Morgan fingerprint density at radius 1 is 0.571 bits per heavy atom. The van der Waals surface area contributed by atoms with Gasteiger partial charge >= 0.3 is 0 Å². The van der Waals surface area contributed by atoms with E-state index in [-0.39, 0.29) is 5.41 Å². The molecule has 2 N–H and O–H groups in total. The maximum absolute atomic E-state index is 11.8. The molecular weight excluding hydrogens is 428 g/mol. The number of aryl methyl sites for hydroxylation is 4. The van der Waals surface area contributed by atoms with Gasteiger partial charge in [0.1, 0.15) is 11.5 Å². The van der Waals surface area contributed by atoms with Gasteiger partial charge in [-0.25, -0.2) is 0 Å². The fourth-order valence-corrected chi connectivity index (χ4v) is 6.70. The van der Waals surface area contributed by atoms with E-state index in [0.717, 1.165) is 59.1 Å². The van der Waals surface area contributed by atoms with E-state index in [1.165, 1.54) is 33.4 Å². The second kappa shape index (κ2) is 7.75. The molecular formula is C33H32O2. The lowest BCUT2D eigenvalue weighted by molar-refractivity contribution is 0.418. The molecule has 0 heterocycles. The van der Waals surface area contributed by atoms with Gasteiger partial charge in [-0.05, 0) is 98.9 Å². The Labute approximate surface area is 207 Å². The van der Waals surface area contributed by atoms with Crippen LogP contribution in [0.1, 0.15) is 57.3 Å². The predicted octanol–water partition coefficient (Wildman–Crippen LogP) is 7.84. The average molecular weight is 461 g/mol. The maximum Gasteiger partial charge on any atom is 0.127 e. The standard InChI is InChI=1S/C33H32O2/c1-19-5-9-23(10-6-19)27-17-21(3)25-13-15-33(29(25)31(27)34)16-14-26-22(4)18-28(32(35)30(26)33)24-11-7-20(2)8-12-24/h5-12,17-18,34-35H,13-16H2,1-4H3. The Bertz CT molecular complexity index is 1360. The Morgan fingerprint density at radius 3 is 1.31 bits per heavy atom. The number of phenols is 2. The molecule has 0 unspecified atom stereocenters. The zero-order valence-corrected chi connectivity index (χ0v) is 21.0. The molecule has 0 saturated heterocycles. The summed E-state index contributed by atoms with van der Waals surface area (Å²) in [6.07, 6.45) is 3.70. The number of rotatable bonds is 2. The van der Waals surface area contributed by atoms with Gasteiger partial charge in [0.05, 0.1) is 0 Å². The van der Waals surface area contributed by atoms with Crippen LogP contribution in [0.5, 0.6) is 11.5 Å². The molecule has 2 heteroatoms. The molecule has 4 aromatic rings. The van der Waals surface area contributed by atoms with Crippen molar-refractivity contribution in [2.24, 2.45) is 0 Å². The molecule has 4 aromatic carbocycles. The van der Waals surface area contributed by atoms with Crippen molar-refractivity contribution in [1.29, 1.82) is 0 Å². The van der Waals surface area contributed by atoms with Crippen LogP contribution < -0.4 is 0 Å². The fourth-order valence-electron chi connectivity index (χ4n) is 6.70. The van der Waals surface area contributed by atoms with Gasteiger partial charge in [0.15, 0.2) is 0 Å². The molecule has 35 heavy (non-hydrogen) atoms. The number of fused-ring (bicyclic) bond motifs is 4. The van der Waals surface area contributed by atoms with Crippen molar-refractivity contribution in [3.63, 3.8) is 0 Å². The molecule has 0 radical (unpaired) electrons. The molecule has 0 saturated carbocycles. The van der Waals surface area contributed by atoms with Gasteiger partial charge in [0.2, 0.25) is 0 Å². The third-order valence-corrected chi connectivity index (χ3v) is 8.55. The lowest BCUT2D eigenvalue weighted by Gasteiger charge is -2.30. The first-order valence-corrected chi connectivity index (χ1v) is 12.7. The quantitative estimate of drug-likeness (QED) is 0.320. The summed E-state index contributed by atoms with van der Waals surface area (Å²) in [5, 5.41) is 23.6. The van der Waals surface area contributed by atoms with Crippen LogP contribution in [0.15, 0.2) is 60.7 Å². The highest BCUT2D eigenvalue weighted by Gasteiger charge is 2.50. The van der Waals surface area contributed by atoms with Crippen molar-refractivity contribution >= 4 is 0 Å². The molecule has 6 rings (SSSR count). The number of hydrogen-bond donors (Lipinski definition) is 2. The van der Waals surface area contributed by atoms with Crippen LogP contribution in [0.25, 0.3) is 22.3 Å². The number of aromatic hydroxyl groups is 2. The van der Waals surface area contributed by atoms with E-state index in [0.29, 0.717) is 11.5 Å². The van der Waals surface area contributed by atoms with Crippen LogP contribution in [-0.2, 0) is 18.3 Å². The zero-order valence-electron chi connectivity index (χ0n) is 21.0. The molecule has 2 nitrogen and oxygen atoms in total. The molecule has 2 aliphatic rings. The van der Waals surface area contributed by atoms with Crippen LogP contribution in [0.2, 0.25) is 0 Å². The van der Waals surface area contributed by atoms with E-state index in [9.17, 15) is 10.2 Å². The highest BCUT2D eigenvalue weighted by Crippen LogP contribution is 2.60. The largest absolute Gasteiger partial charge is 0.507 e. The molecule has 0 aliphatic heterocycles. The fraction of sp³-hybridized carbons (Fsp3) is 0.273. The smallest absolute Gasteiger partial charge is 0.127 e. The van der Waals surface area contributed by atoms with E-state index in [4.69, 9.17) is 0 Å². The Hall–Kier alpha value is -3.52. The second-order valence-electron chi connectivity index (χ2n) is 10.7. The molecule has 0 bridgehead atoms. The second-order valence-corrected chi connectivity index (χ2v) is 10.7. The molecule has 0 fully saturated rings. The minimum Gasteiger partial charge on any atom is -0.507 e. The summed E-state index contributed by atoms with van der Waals surface area (Å²) in [4.78, 5) is 0. The maximum atomic E-state index is 11.8. The Morgan fingerprint density at radius 2 is 0.943 bits per heavy atom. The van der Waals surface area contributed by atoms with Gasteiger partial charge < -0.3 is 10.2 Å². The van der Waals surface area contributed by atoms with E-state index in [1.54, 1.807) is 0 Å². The number of phenolic OH excluding ortho intramolecular Hbond substituents is 2. The molecule has 0 atom stereocenters. The van der Waals surface area contributed by atoms with Gasteiger partial charge in [-0.3, -0.25) is 0 Å². The third kappa shape index (κ3) is 3.16. The summed E-state index contributed by atoms with van der Waals surface area (Å²) in [5.74, 6) is 0.773. The van der Waals surface area contributed by atoms with E-state index in [2.05, 4.69) is 88.4 Å². The SMILES string of the molecule is Cc1ccc(-c2cc(C)c3c(c2O)C2(CC3)CCc3c(C)cc(-c4ccc(C)cc4)c(O)c32)cc1. The van der Waals surface area contributed by atoms with Gasteiger partial charge in [-0.2, -0.15) is 0 Å². The summed E-state index contributed by atoms with van der Waals surface area (Å²) in [7, 11) is 0. The lowest BCUT2D eigenvalue weighted by Crippen LogP contribution is -2.22. The minimum atomic E-state index is -0.351. The van der Waals surface area contributed by atoms with Crippen LogP contribution in [0.3, 0.4) is 0 Å². The topological polar surface area (TPSA) is 40.5 Å². The van der Waals surface area contributed by atoms with E-state index in [1.807, 2.05) is 0 Å². The summed E-state index contributed by atoms with van der Waals surface area (Å²) < 4.78 is 0.